The molecule has 0 aromatic rings. The van der Waals surface area contributed by atoms with E-state index in [9.17, 15) is 5.11 Å². The Morgan fingerprint density at radius 3 is 2.40 bits per heavy atom. The summed E-state index contributed by atoms with van der Waals surface area (Å²) in [6.45, 7) is 6.71. The van der Waals surface area contributed by atoms with Gasteiger partial charge in [-0.25, -0.2) is 0 Å². The monoisotopic (exact) mass is 282 g/mol. The van der Waals surface area contributed by atoms with Crippen molar-refractivity contribution in [3.8, 4) is 0 Å². The zero-order chi connectivity index (χ0) is 13.8. The fraction of sp³-hybridized carbons (Fsp3) is 1.00. The van der Waals surface area contributed by atoms with E-state index in [1.54, 1.807) is 0 Å². The number of likely N-dealkylation sites (tertiary alicyclic amines) is 1. The van der Waals surface area contributed by atoms with Gasteiger partial charge in [0.1, 0.15) is 0 Å². The van der Waals surface area contributed by atoms with Crippen molar-refractivity contribution in [3.05, 3.63) is 0 Å². The molecule has 0 atom stereocenters. The second-order valence-corrected chi connectivity index (χ2v) is 7.17. The lowest BCUT2D eigenvalue weighted by Gasteiger charge is -2.39. The molecule has 3 fully saturated rings. The lowest BCUT2D eigenvalue weighted by atomic mass is 9.80. The minimum Gasteiger partial charge on any atom is -0.396 e. The van der Waals surface area contributed by atoms with Crippen LogP contribution in [0.1, 0.15) is 38.5 Å². The van der Waals surface area contributed by atoms with E-state index in [4.69, 9.17) is 4.74 Å². The first-order chi connectivity index (χ1) is 9.80. The Balaban J connectivity index is 1.37. The molecule has 2 aliphatic heterocycles. The van der Waals surface area contributed by atoms with Gasteiger partial charge in [0.15, 0.2) is 0 Å². The highest BCUT2D eigenvalue weighted by atomic mass is 16.5. The van der Waals surface area contributed by atoms with Crippen LogP contribution in [0.5, 0.6) is 0 Å². The van der Waals surface area contributed by atoms with E-state index in [-0.39, 0.29) is 5.41 Å². The van der Waals surface area contributed by atoms with E-state index in [2.05, 4.69) is 10.2 Å². The van der Waals surface area contributed by atoms with E-state index in [0.29, 0.717) is 12.6 Å². The van der Waals surface area contributed by atoms with Gasteiger partial charge in [-0.15, -0.1) is 0 Å². The number of piperidine rings is 1. The molecule has 0 radical (unpaired) electrons. The van der Waals surface area contributed by atoms with Crippen LogP contribution in [0.2, 0.25) is 0 Å². The summed E-state index contributed by atoms with van der Waals surface area (Å²) in [4.78, 5) is 2.64. The Morgan fingerprint density at radius 1 is 1.10 bits per heavy atom. The van der Waals surface area contributed by atoms with Gasteiger partial charge in [-0.2, -0.15) is 0 Å². The average molecular weight is 282 g/mol. The highest BCUT2D eigenvalue weighted by Crippen LogP contribution is 2.31. The third-order valence-corrected chi connectivity index (χ3v) is 5.46. The molecule has 1 saturated carbocycles. The van der Waals surface area contributed by atoms with Crippen LogP contribution in [0.15, 0.2) is 0 Å². The van der Waals surface area contributed by atoms with E-state index < -0.39 is 0 Å². The van der Waals surface area contributed by atoms with Crippen LogP contribution < -0.4 is 5.32 Å². The maximum Gasteiger partial charge on any atom is 0.0501 e. The second-order valence-electron chi connectivity index (χ2n) is 7.17. The number of hydrogen-bond acceptors (Lipinski definition) is 4. The molecule has 2 heterocycles. The summed E-state index contributed by atoms with van der Waals surface area (Å²) in [6.07, 6.45) is 7.45. The summed E-state index contributed by atoms with van der Waals surface area (Å²) < 4.78 is 5.43. The molecule has 116 valence electrons. The molecule has 0 aromatic heterocycles. The number of nitrogens with one attached hydrogen (secondary N) is 1. The molecule has 0 spiro atoms. The molecule has 20 heavy (non-hydrogen) atoms. The molecule has 0 aromatic carbocycles. The minimum absolute atomic E-state index is 0.0728. The zero-order valence-corrected chi connectivity index (χ0v) is 12.6. The first-order valence-electron chi connectivity index (χ1n) is 8.44. The summed E-state index contributed by atoms with van der Waals surface area (Å²) in [5, 5.41) is 13.4. The predicted molar refractivity (Wildman–Crippen MR) is 79.8 cm³/mol. The van der Waals surface area contributed by atoms with Crippen molar-refractivity contribution in [3.63, 3.8) is 0 Å². The van der Waals surface area contributed by atoms with Crippen LogP contribution in [0.3, 0.4) is 0 Å². The van der Waals surface area contributed by atoms with Gasteiger partial charge in [0.2, 0.25) is 0 Å². The Morgan fingerprint density at radius 2 is 1.80 bits per heavy atom. The molecule has 2 saturated heterocycles. The van der Waals surface area contributed by atoms with Crippen molar-refractivity contribution < 1.29 is 9.84 Å². The van der Waals surface area contributed by atoms with Gasteiger partial charge in [0, 0.05) is 37.8 Å². The van der Waals surface area contributed by atoms with Crippen molar-refractivity contribution in [1.82, 2.24) is 10.2 Å². The Hall–Kier alpha value is -0.160. The largest absolute Gasteiger partial charge is 0.396 e. The molecule has 1 aliphatic carbocycles. The molecule has 0 unspecified atom stereocenters. The standard InChI is InChI=1S/C16H30N2O2/c19-13-16(5-9-20-10-6-16)12-17-15-3-7-18(8-4-15)11-14-1-2-14/h14-15,17,19H,1-13H2. The topological polar surface area (TPSA) is 44.7 Å². The van der Waals surface area contributed by atoms with E-state index in [1.165, 1.54) is 45.3 Å². The van der Waals surface area contributed by atoms with Gasteiger partial charge in [0.25, 0.3) is 0 Å². The lowest BCUT2D eigenvalue weighted by Crippen LogP contribution is -2.48. The molecule has 3 aliphatic rings. The fourth-order valence-electron chi connectivity index (χ4n) is 3.54. The Kier molecular flexibility index (Phi) is 4.97. The van der Waals surface area contributed by atoms with Crippen LogP contribution in [-0.2, 0) is 4.74 Å². The van der Waals surface area contributed by atoms with Crippen molar-refractivity contribution >= 4 is 0 Å². The SMILES string of the molecule is OCC1(CNC2CCN(CC3CC3)CC2)CCOCC1. The summed E-state index contributed by atoms with van der Waals surface area (Å²) in [6, 6.07) is 0.650. The third-order valence-electron chi connectivity index (χ3n) is 5.46. The highest BCUT2D eigenvalue weighted by molar-refractivity contribution is 4.87. The molecule has 0 bridgehead atoms. The highest BCUT2D eigenvalue weighted by Gasteiger charge is 2.33. The first kappa shape index (κ1) is 14.8. The third kappa shape index (κ3) is 3.94. The number of nitrogens with zero attached hydrogens (tertiary/aromatic N) is 1. The van der Waals surface area contributed by atoms with Crippen LogP contribution in [0, 0.1) is 11.3 Å². The van der Waals surface area contributed by atoms with Crippen LogP contribution >= 0.6 is 0 Å². The normalized spacial score (nSPS) is 28.6. The summed E-state index contributed by atoms with van der Waals surface area (Å²) in [5.41, 5.74) is 0.0728. The number of rotatable bonds is 6. The predicted octanol–water partition coefficient (Wildman–Crippen LogP) is 1.24. The number of aliphatic hydroxyl groups is 1. The Bertz CT molecular complexity index is 293. The van der Waals surface area contributed by atoms with Gasteiger partial charge in [-0.1, -0.05) is 0 Å². The van der Waals surface area contributed by atoms with Gasteiger partial charge in [0.05, 0.1) is 6.61 Å². The summed E-state index contributed by atoms with van der Waals surface area (Å²) in [5.74, 6) is 1.01. The van der Waals surface area contributed by atoms with Gasteiger partial charge in [-0.05, 0) is 57.5 Å². The lowest BCUT2D eigenvalue weighted by molar-refractivity contribution is -0.0175. The molecular formula is C16H30N2O2. The van der Waals surface area contributed by atoms with Crippen molar-refractivity contribution in [2.75, 3.05) is 46.0 Å². The maximum atomic E-state index is 9.72. The van der Waals surface area contributed by atoms with Crippen molar-refractivity contribution in [2.24, 2.45) is 11.3 Å². The quantitative estimate of drug-likeness (QED) is 0.769. The van der Waals surface area contributed by atoms with Crippen LogP contribution in [0.4, 0.5) is 0 Å². The molecule has 4 nitrogen and oxygen atoms in total. The van der Waals surface area contributed by atoms with E-state index in [0.717, 1.165) is 38.5 Å². The zero-order valence-electron chi connectivity index (χ0n) is 12.6. The molecule has 2 N–H and O–H groups in total. The number of ether oxygens (including phenoxy) is 1. The van der Waals surface area contributed by atoms with Crippen LogP contribution in [-0.4, -0.2) is 62.0 Å². The fourth-order valence-corrected chi connectivity index (χ4v) is 3.54. The summed E-state index contributed by atoms with van der Waals surface area (Å²) >= 11 is 0. The molecule has 0 amide bonds. The van der Waals surface area contributed by atoms with E-state index in [1.807, 2.05) is 0 Å². The second kappa shape index (κ2) is 6.73. The first-order valence-corrected chi connectivity index (χ1v) is 8.44. The molecule has 3 rings (SSSR count). The Labute approximate surface area is 122 Å². The van der Waals surface area contributed by atoms with Gasteiger partial charge in [-0.3, -0.25) is 0 Å². The smallest absolute Gasteiger partial charge is 0.0501 e. The van der Waals surface area contributed by atoms with Crippen LogP contribution in [0.25, 0.3) is 0 Å². The molecular weight excluding hydrogens is 252 g/mol. The van der Waals surface area contributed by atoms with E-state index >= 15 is 0 Å². The average Bonchev–Trinajstić information content (AvgIpc) is 3.32. The molecule has 4 heteroatoms. The number of hydrogen-bond donors (Lipinski definition) is 2. The van der Waals surface area contributed by atoms with Gasteiger partial charge < -0.3 is 20.1 Å². The summed E-state index contributed by atoms with van der Waals surface area (Å²) in [7, 11) is 0. The van der Waals surface area contributed by atoms with Crippen molar-refractivity contribution in [2.45, 2.75) is 44.6 Å². The maximum absolute atomic E-state index is 9.72. The van der Waals surface area contributed by atoms with Gasteiger partial charge >= 0.3 is 0 Å². The minimum atomic E-state index is 0.0728. The van der Waals surface area contributed by atoms with Crippen molar-refractivity contribution in [1.29, 1.82) is 0 Å². The number of aliphatic hydroxyl groups excluding tert-OH is 1.